The molecule has 1 atom stereocenters. The van der Waals surface area contributed by atoms with E-state index in [-0.39, 0.29) is 33.6 Å². The van der Waals surface area contributed by atoms with E-state index in [1.165, 1.54) is 72.8 Å². The van der Waals surface area contributed by atoms with Gasteiger partial charge in [0, 0.05) is 33.6 Å². The summed E-state index contributed by atoms with van der Waals surface area (Å²) in [7, 11) is 0. The highest BCUT2D eigenvalue weighted by Crippen LogP contribution is 2.40. The first kappa shape index (κ1) is 29.7. The van der Waals surface area contributed by atoms with Crippen molar-refractivity contribution >= 4 is 23.1 Å². The van der Waals surface area contributed by atoms with Crippen LogP contribution in [0, 0.1) is 34.6 Å². The van der Waals surface area contributed by atoms with Crippen molar-refractivity contribution in [3.63, 3.8) is 0 Å². The van der Waals surface area contributed by atoms with Crippen LogP contribution in [0.3, 0.4) is 0 Å². The van der Waals surface area contributed by atoms with E-state index >= 15 is 8.78 Å². The smallest absolute Gasteiger partial charge is 0.237 e. The summed E-state index contributed by atoms with van der Waals surface area (Å²) in [6, 6.07) is 19.5. The molecule has 0 aliphatic heterocycles. The van der Waals surface area contributed by atoms with Crippen LogP contribution in [0.2, 0.25) is 0 Å². The fourth-order valence-electron chi connectivity index (χ4n) is 4.71. The highest BCUT2D eigenvalue weighted by Gasteiger charge is 2.34. The molecule has 0 aliphatic carbocycles. The van der Waals surface area contributed by atoms with E-state index in [1.54, 1.807) is 40.7 Å². The van der Waals surface area contributed by atoms with E-state index < -0.39 is 52.2 Å². The number of ketones is 1. The lowest BCUT2D eigenvalue weighted by Gasteiger charge is -2.30. The van der Waals surface area contributed by atoms with Crippen molar-refractivity contribution < 1.29 is 27.2 Å². The number of rotatable bonds is 7. The number of halogens is 4. The van der Waals surface area contributed by atoms with Gasteiger partial charge in [0.2, 0.25) is 5.91 Å². The molecule has 0 bridgehead atoms. The average molecular weight is 562 g/mol. The van der Waals surface area contributed by atoms with Gasteiger partial charge in [-0.1, -0.05) is 95.3 Å². The molecule has 212 valence electrons. The molecule has 0 aliphatic rings. The first-order valence-corrected chi connectivity index (χ1v) is 13.3. The van der Waals surface area contributed by atoms with Crippen LogP contribution in [0.1, 0.15) is 51.7 Å². The molecular weight excluding hydrogens is 530 g/mol. The lowest BCUT2D eigenvalue weighted by Crippen LogP contribution is -2.37. The number of hydrogen-bond acceptors (Lipinski definition) is 2. The van der Waals surface area contributed by atoms with Crippen LogP contribution < -0.4 is 4.90 Å². The first-order valence-electron chi connectivity index (χ1n) is 13.3. The maximum Gasteiger partial charge on any atom is 0.237 e. The standard InChI is InChI=1S/C34H31F4NO2/c1-20(2)32(40)29(23-12-6-7-16-25(23)35)24-15-10-13-21(30(24)37)22-14-11-19-28(31(22)38)39(33(41)34(3,4)5)27-18-9-8-17-26(27)36/h6-20,29H,1-5H3. The number of Topliss-reactive ketones (excluding diaryl/α,β-unsaturated/α-hetero) is 1. The molecule has 4 rings (SSSR count). The van der Waals surface area contributed by atoms with Gasteiger partial charge in [-0.15, -0.1) is 0 Å². The number of hydrogen-bond donors (Lipinski definition) is 0. The molecule has 1 unspecified atom stereocenters. The van der Waals surface area contributed by atoms with Crippen molar-refractivity contribution in [1.82, 2.24) is 0 Å². The maximum atomic E-state index is 16.4. The number of benzene rings is 4. The van der Waals surface area contributed by atoms with Gasteiger partial charge in [0.25, 0.3) is 0 Å². The van der Waals surface area contributed by atoms with Crippen molar-refractivity contribution in [2.45, 2.75) is 40.5 Å². The quantitative estimate of drug-likeness (QED) is 0.211. The van der Waals surface area contributed by atoms with Crippen molar-refractivity contribution in [2.75, 3.05) is 4.90 Å². The fourth-order valence-corrected chi connectivity index (χ4v) is 4.71. The molecule has 0 saturated heterocycles. The largest absolute Gasteiger partial charge is 0.298 e. The number of para-hydroxylation sites is 1. The molecule has 0 fully saturated rings. The lowest BCUT2D eigenvalue weighted by molar-refractivity contribution is -0.125. The fraction of sp³-hybridized carbons (Fsp3) is 0.235. The summed E-state index contributed by atoms with van der Waals surface area (Å²) >= 11 is 0. The molecular formula is C34H31F4NO2. The van der Waals surface area contributed by atoms with Gasteiger partial charge in [0.1, 0.15) is 23.2 Å². The molecule has 0 radical (unpaired) electrons. The summed E-state index contributed by atoms with van der Waals surface area (Å²) < 4.78 is 62.5. The Morgan fingerprint density at radius 2 is 1.15 bits per heavy atom. The lowest BCUT2D eigenvalue weighted by atomic mass is 9.82. The van der Waals surface area contributed by atoms with Crippen LogP contribution >= 0.6 is 0 Å². The zero-order valence-electron chi connectivity index (χ0n) is 23.5. The molecule has 4 aromatic rings. The number of nitrogens with zero attached hydrogens (tertiary/aromatic N) is 1. The van der Waals surface area contributed by atoms with Crippen LogP contribution in [0.5, 0.6) is 0 Å². The minimum Gasteiger partial charge on any atom is -0.298 e. The maximum absolute atomic E-state index is 16.4. The van der Waals surface area contributed by atoms with Crippen molar-refractivity contribution in [1.29, 1.82) is 0 Å². The third kappa shape index (κ3) is 5.80. The minimum atomic E-state index is -1.26. The van der Waals surface area contributed by atoms with Crippen molar-refractivity contribution in [3.05, 3.63) is 119 Å². The molecule has 0 N–H and O–H groups in total. The van der Waals surface area contributed by atoms with Gasteiger partial charge in [-0.05, 0) is 24.3 Å². The van der Waals surface area contributed by atoms with Crippen molar-refractivity contribution in [2.24, 2.45) is 11.3 Å². The third-order valence-electron chi connectivity index (χ3n) is 6.86. The predicted octanol–water partition coefficient (Wildman–Crippen LogP) is 8.98. The van der Waals surface area contributed by atoms with E-state index in [1.807, 2.05) is 0 Å². The average Bonchev–Trinajstić information content (AvgIpc) is 2.92. The Labute approximate surface area is 237 Å². The predicted molar refractivity (Wildman–Crippen MR) is 153 cm³/mol. The van der Waals surface area contributed by atoms with Crippen LogP contribution in [-0.4, -0.2) is 11.7 Å². The van der Waals surface area contributed by atoms with Gasteiger partial charge in [-0.25, -0.2) is 17.6 Å². The Morgan fingerprint density at radius 3 is 1.73 bits per heavy atom. The van der Waals surface area contributed by atoms with E-state index in [2.05, 4.69) is 0 Å². The Morgan fingerprint density at radius 1 is 0.634 bits per heavy atom. The van der Waals surface area contributed by atoms with Crippen LogP contribution in [0.4, 0.5) is 28.9 Å². The highest BCUT2D eigenvalue weighted by molar-refractivity contribution is 6.04. The molecule has 41 heavy (non-hydrogen) atoms. The summed E-state index contributed by atoms with van der Waals surface area (Å²) in [5, 5.41) is 0. The van der Waals surface area contributed by atoms with Crippen LogP contribution in [0.15, 0.2) is 84.9 Å². The van der Waals surface area contributed by atoms with Crippen LogP contribution in [-0.2, 0) is 9.59 Å². The summed E-state index contributed by atoms with van der Waals surface area (Å²) in [5.74, 6) is -6.03. The number of carbonyl (C=O) groups is 2. The molecule has 1 amide bonds. The molecule has 0 heterocycles. The van der Waals surface area contributed by atoms with Gasteiger partial charge < -0.3 is 0 Å². The second-order valence-corrected chi connectivity index (χ2v) is 11.2. The summed E-state index contributed by atoms with van der Waals surface area (Å²) in [6.07, 6.45) is 0. The van der Waals surface area contributed by atoms with Gasteiger partial charge in [0.05, 0.1) is 17.3 Å². The van der Waals surface area contributed by atoms with E-state index in [0.29, 0.717) is 0 Å². The Balaban J connectivity index is 1.93. The van der Waals surface area contributed by atoms with Crippen molar-refractivity contribution in [3.8, 4) is 11.1 Å². The Hall–Kier alpha value is -4.26. The Bertz CT molecular complexity index is 1610. The molecule has 3 nitrogen and oxygen atoms in total. The second-order valence-electron chi connectivity index (χ2n) is 11.2. The van der Waals surface area contributed by atoms with E-state index in [4.69, 9.17) is 0 Å². The van der Waals surface area contributed by atoms with Gasteiger partial charge in [-0.3, -0.25) is 14.5 Å². The van der Waals surface area contributed by atoms with Crippen LogP contribution in [0.25, 0.3) is 11.1 Å². The van der Waals surface area contributed by atoms with E-state index in [9.17, 15) is 18.4 Å². The zero-order valence-corrected chi connectivity index (χ0v) is 23.5. The normalized spacial score (nSPS) is 12.3. The topological polar surface area (TPSA) is 37.4 Å². The number of anilines is 2. The summed E-state index contributed by atoms with van der Waals surface area (Å²) in [4.78, 5) is 27.7. The Kier molecular flexibility index (Phi) is 8.47. The molecule has 7 heteroatoms. The molecule has 4 aromatic carbocycles. The zero-order chi connectivity index (χ0) is 30.1. The first-order chi connectivity index (χ1) is 19.3. The van der Waals surface area contributed by atoms with Gasteiger partial charge in [-0.2, -0.15) is 0 Å². The number of carbonyl (C=O) groups excluding carboxylic acids is 2. The SMILES string of the molecule is CC(C)C(=O)C(c1ccccc1F)c1cccc(-c2cccc(N(C(=O)C(C)(C)C)c3ccccc3F)c2F)c1F. The van der Waals surface area contributed by atoms with Gasteiger partial charge >= 0.3 is 0 Å². The second kappa shape index (κ2) is 11.7. The monoisotopic (exact) mass is 561 g/mol. The molecule has 0 saturated carbocycles. The van der Waals surface area contributed by atoms with E-state index in [0.717, 1.165) is 11.0 Å². The number of amides is 1. The summed E-state index contributed by atoms with van der Waals surface area (Å²) in [5.41, 5.74) is -1.91. The molecule has 0 spiro atoms. The minimum absolute atomic E-state index is 0.0120. The third-order valence-corrected chi connectivity index (χ3v) is 6.86. The molecule has 0 aromatic heterocycles. The summed E-state index contributed by atoms with van der Waals surface area (Å²) in [6.45, 7) is 8.17. The highest BCUT2D eigenvalue weighted by atomic mass is 19.1. The van der Waals surface area contributed by atoms with Gasteiger partial charge in [0.15, 0.2) is 5.82 Å².